The number of benzene rings is 1. The van der Waals surface area contributed by atoms with Gasteiger partial charge in [-0.1, -0.05) is 31.5 Å². The molecule has 3 nitrogen and oxygen atoms in total. The van der Waals surface area contributed by atoms with Crippen LogP contribution in [-0.2, 0) is 4.79 Å². The van der Waals surface area contributed by atoms with Crippen LogP contribution in [0, 0.1) is 20.8 Å². The summed E-state index contributed by atoms with van der Waals surface area (Å²) in [6.07, 6.45) is 1.55. The molecular weight excluding hydrogens is 238 g/mol. The maximum absolute atomic E-state index is 11.5. The smallest absolute Gasteiger partial charge is 0.326 e. The molecule has 0 heterocycles. The summed E-state index contributed by atoms with van der Waals surface area (Å²) in [6.45, 7) is 11.0. The van der Waals surface area contributed by atoms with E-state index in [1.807, 2.05) is 11.8 Å². The molecule has 0 aliphatic carbocycles. The van der Waals surface area contributed by atoms with Gasteiger partial charge in [0.15, 0.2) is 0 Å². The summed E-state index contributed by atoms with van der Waals surface area (Å²) in [6, 6.07) is 3.80. The zero-order chi connectivity index (χ0) is 14.6. The summed E-state index contributed by atoms with van der Waals surface area (Å²) >= 11 is 0. The van der Waals surface area contributed by atoms with E-state index in [0.717, 1.165) is 29.8 Å². The third-order valence-electron chi connectivity index (χ3n) is 3.44. The molecular formula is C16H25NO2. The third-order valence-corrected chi connectivity index (χ3v) is 3.44. The van der Waals surface area contributed by atoms with Crippen LogP contribution in [0.25, 0.3) is 0 Å². The number of nitrogens with zero attached hydrogens (tertiary/aromatic N) is 1. The summed E-state index contributed by atoms with van der Waals surface area (Å²) in [5, 5.41) is 9.43. The zero-order valence-corrected chi connectivity index (χ0v) is 12.7. The van der Waals surface area contributed by atoms with Gasteiger partial charge in [0.25, 0.3) is 0 Å². The topological polar surface area (TPSA) is 40.5 Å². The first kappa shape index (κ1) is 15.5. The van der Waals surface area contributed by atoms with Gasteiger partial charge in [0.05, 0.1) is 0 Å². The highest BCUT2D eigenvalue weighted by Gasteiger charge is 2.25. The second-order valence-corrected chi connectivity index (χ2v) is 5.20. The van der Waals surface area contributed by atoms with Gasteiger partial charge in [-0.25, -0.2) is 4.79 Å². The fourth-order valence-electron chi connectivity index (χ4n) is 2.82. The van der Waals surface area contributed by atoms with Crippen LogP contribution in [0.15, 0.2) is 12.1 Å². The van der Waals surface area contributed by atoms with Gasteiger partial charge in [0, 0.05) is 12.2 Å². The van der Waals surface area contributed by atoms with Gasteiger partial charge in [-0.3, -0.25) is 0 Å². The molecule has 1 aromatic rings. The maximum Gasteiger partial charge on any atom is 0.326 e. The van der Waals surface area contributed by atoms with E-state index in [9.17, 15) is 9.90 Å². The van der Waals surface area contributed by atoms with Crippen LogP contribution < -0.4 is 4.90 Å². The minimum Gasteiger partial charge on any atom is -0.480 e. The quantitative estimate of drug-likeness (QED) is 0.851. The number of carbonyl (C=O) groups is 1. The molecule has 3 heteroatoms. The monoisotopic (exact) mass is 263 g/mol. The molecule has 1 unspecified atom stereocenters. The first-order valence-electron chi connectivity index (χ1n) is 6.99. The number of aryl methyl sites for hydroxylation is 3. The van der Waals surface area contributed by atoms with E-state index in [1.54, 1.807) is 0 Å². The Balaban J connectivity index is 3.30. The van der Waals surface area contributed by atoms with Crippen molar-refractivity contribution >= 4 is 11.7 Å². The van der Waals surface area contributed by atoms with Crippen molar-refractivity contribution in [2.45, 2.75) is 53.5 Å². The SMILES string of the molecule is CCCN(c1c(C)cc(C)cc1C)C(CC)C(=O)O. The fraction of sp³-hybridized carbons (Fsp3) is 0.562. The van der Waals surface area contributed by atoms with Crippen molar-refractivity contribution in [3.05, 3.63) is 28.8 Å². The second-order valence-electron chi connectivity index (χ2n) is 5.20. The lowest BCUT2D eigenvalue weighted by atomic mass is 10.0. The molecule has 0 bridgehead atoms. The van der Waals surface area contributed by atoms with Gasteiger partial charge in [-0.05, 0) is 44.7 Å². The molecule has 0 aliphatic rings. The number of rotatable bonds is 6. The number of carboxylic acids is 1. The van der Waals surface area contributed by atoms with Crippen LogP contribution in [0.1, 0.15) is 43.4 Å². The molecule has 0 aliphatic heterocycles. The minimum atomic E-state index is -0.740. The van der Waals surface area contributed by atoms with Gasteiger partial charge >= 0.3 is 5.97 Å². The second kappa shape index (κ2) is 6.60. The van der Waals surface area contributed by atoms with Crippen LogP contribution in [-0.4, -0.2) is 23.7 Å². The standard InChI is InChI=1S/C16H25NO2/c1-6-8-17(14(7-2)16(18)19)15-12(4)9-11(3)10-13(15)5/h9-10,14H,6-8H2,1-5H3,(H,18,19). The molecule has 0 radical (unpaired) electrons. The molecule has 0 saturated heterocycles. The molecule has 0 amide bonds. The van der Waals surface area contributed by atoms with Crippen molar-refractivity contribution in [1.82, 2.24) is 0 Å². The number of anilines is 1. The molecule has 1 N–H and O–H groups in total. The van der Waals surface area contributed by atoms with E-state index < -0.39 is 12.0 Å². The van der Waals surface area contributed by atoms with Crippen LogP contribution in [0.5, 0.6) is 0 Å². The van der Waals surface area contributed by atoms with Crippen molar-refractivity contribution < 1.29 is 9.90 Å². The normalized spacial score (nSPS) is 12.3. The molecule has 19 heavy (non-hydrogen) atoms. The minimum absolute atomic E-state index is 0.444. The van der Waals surface area contributed by atoms with E-state index in [-0.39, 0.29) is 0 Å². The van der Waals surface area contributed by atoms with Crippen molar-refractivity contribution in [3.8, 4) is 0 Å². The summed E-state index contributed by atoms with van der Waals surface area (Å²) in [5.41, 5.74) is 4.62. The lowest BCUT2D eigenvalue weighted by Crippen LogP contribution is -2.42. The highest BCUT2D eigenvalue weighted by molar-refractivity contribution is 5.79. The van der Waals surface area contributed by atoms with Crippen molar-refractivity contribution in [2.24, 2.45) is 0 Å². The Morgan fingerprint density at radius 2 is 1.74 bits per heavy atom. The van der Waals surface area contributed by atoms with E-state index in [0.29, 0.717) is 6.42 Å². The lowest BCUT2D eigenvalue weighted by molar-refractivity contribution is -0.138. The van der Waals surface area contributed by atoms with Crippen LogP contribution >= 0.6 is 0 Å². The average Bonchev–Trinajstić information content (AvgIpc) is 2.27. The van der Waals surface area contributed by atoms with Crippen LogP contribution in [0.4, 0.5) is 5.69 Å². The Kier molecular flexibility index (Phi) is 5.40. The van der Waals surface area contributed by atoms with Gasteiger partial charge < -0.3 is 10.0 Å². The largest absolute Gasteiger partial charge is 0.480 e. The van der Waals surface area contributed by atoms with Crippen molar-refractivity contribution in [1.29, 1.82) is 0 Å². The average molecular weight is 263 g/mol. The highest BCUT2D eigenvalue weighted by Crippen LogP contribution is 2.29. The zero-order valence-electron chi connectivity index (χ0n) is 12.7. The van der Waals surface area contributed by atoms with Crippen LogP contribution in [0.3, 0.4) is 0 Å². The van der Waals surface area contributed by atoms with Crippen molar-refractivity contribution in [2.75, 3.05) is 11.4 Å². The van der Waals surface area contributed by atoms with E-state index in [1.165, 1.54) is 5.56 Å². The summed E-state index contributed by atoms with van der Waals surface area (Å²) in [7, 11) is 0. The summed E-state index contributed by atoms with van der Waals surface area (Å²) in [4.78, 5) is 13.5. The Labute approximate surface area is 116 Å². The van der Waals surface area contributed by atoms with E-state index >= 15 is 0 Å². The molecule has 0 saturated carbocycles. The highest BCUT2D eigenvalue weighted by atomic mass is 16.4. The van der Waals surface area contributed by atoms with Gasteiger partial charge in [-0.2, -0.15) is 0 Å². The van der Waals surface area contributed by atoms with Gasteiger partial charge in [0.1, 0.15) is 6.04 Å². The van der Waals surface area contributed by atoms with E-state index in [2.05, 4.69) is 39.8 Å². The molecule has 106 valence electrons. The first-order valence-corrected chi connectivity index (χ1v) is 6.99. The number of aliphatic carboxylic acids is 1. The Morgan fingerprint density at radius 1 is 1.21 bits per heavy atom. The Bertz CT molecular complexity index is 431. The van der Waals surface area contributed by atoms with Crippen LogP contribution in [0.2, 0.25) is 0 Å². The maximum atomic E-state index is 11.5. The first-order chi connectivity index (χ1) is 8.92. The predicted octanol–water partition coefficient (Wildman–Crippen LogP) is 3.69. The summed E-state index contributed by atoms with van der Waals surface area (Å²) in [5.74, 6) is -0.740. The Hall–Kier alpha value is -1.51. The number of hydrogen-bond acceptors (Lipinski definition) is 2. The summed E-state index contributed by atoms with van der Waals surface area (Å²) < 4.78 is 0. The fourth-order valence-corrected chi connectivity index (χ4v) is 2.82. The molecule has 0 fully saturated rings. The lowest BCUT2D eigenvalue weighted by Gasteiger charge is -2.33. The van der Waals surface area contributed by atoms with Gasteiger partial charge in [0.2, 0.25) is 0 Å². The molecule has 0 aromatic heterocycles. The third kappa shape index (κ3) is 3.49. The molecule has 1 rings (SSSR count). The molecule has 0 spiro atoms. The molecule has 1 aromatic carbocycles. The Morgan fingerprint density at radius 3 is 2.11 bits per heavy atom. The number of hydrogen-bond donors (Lipinski definition) is 1. The predicted molar refractivity (Wildman–Crippen MR) is 80.0 cm³/mol. The molecule has 1 atom stereocenters. The van der Waals surface area contributed by atoms with Crippen molar-refractivity contribution in [3.63, 3.8) is 0 Å². The van der Waals surface area contributed by atoms with E-state index in [4.69, 9.17) is 0 Å². The van der Waals surface area contributed by atoms with Gasteiger partial charge in [-0.15, -0.1) is 0 Å². The number of carboxylic acid groups (broad SMARTS) is 1.